The van der Waals surface area contributed by atoms with Crippen LogP contribution in [0.25, 0.3) is 0 Å². The Balaban J connectivity index is 1.69. The molecular formula is C20H24N2O4S2. The van der Waals surface area contributed by atoms with Crippen LogP contribution in [0, 0.1) is 0 Å². The van der Waals surface area contributed by atoms with Gasteiger partial charge >= 0.3 is 0 Å². The number of amides is 1. The summed E-state index contributed by atoms with van der Waals surface area (Å²) in [5, 5.41) is 3.06. The van der Waals surface area contributed by atoms with E-state index in [1.165, 1.54) is 36.3 Å². The topological polar surface area (TPSA) is 84.5 Å². The van der Waals surface area contributed by atoms with Gasteiger partial charge in [-0.3, -0.25) is 4.79 Å². The van der Waals surface area contributed by atoms with E-state index >= 15 is 0 Å². The van der Waals surface area contributed by atoms with Crippen LogP contribution < -0.4 is 10.0 Å². The van der Waals surface area contributed by atoms with E-state index in [-0.39, 0.29) is 29.5 Å². The zero-order valence-electron chi connectivity index (χ0n) is 15.8. The van der Waals surface area contributed by atoms with Crippen LogP contribution in [-0.4, -0.2) is 39.8 Å². The normalized spacial score (nSPS) is 17.6. The first-order valence-corrected chi connectivity index (χ1v) is 11.5. The lowest BCUT2D eigenvalue weighted by Gasteiger charge is -2.25. The van der Waals surface area contributed by atoms with Gasteiger partial charge < -0.3 is 10.1 Å². The second-order valence-corrected chi connectivity index (χ2v) is 9.55. The van der Waals surface area contributed by atoms with Crippen molar-refractivity contribution in [2.75, 3.05) is 19.5 Å². The smallest absolute Gasteiger partial charge is 0.251 e. The Kier molecular flexibility index (Phi) is 6.77. The minimum Gasteiger partial charge on any atom is -0.383 e. The number of ether oxygens (including phenoxy) is 1. The van der Waals surface area contributed by atoms with E-state index < -0.39 is 10.0 Å². The number of carbonyl (C=O) groups excluding carboxylic acids is 1. The Hall–Kier alpha value is -1.87. The summed E-state index contributed by atoms with van der Waals surface area (Å²) >= 11 is 1.79. The van der Waals surface area contributed by atoms with Crippen molar-refractivity contribution in [3.05, 3.63) is 59.7 Å². The van der Waals surface area contributed by atoms with E-state index in [2.05, 4.69) is 16.1 Å². The standard InChI is InChI=1S/C20H24N2O4S2/c1-14(13-26-2)22-28(24,25)16-9-7-15(8-10-16)20(23)21-18-11-12-27-19-6-4-3-5-17(18)19/h3-10,14,18,22H,11-13H2,1-2H3,(H,21,23)/t14-,18+/m0/s1. The van der Waals surface area contributed by atoms with Crippen molar-refractivity contribution in [2.24, 2.45) is 0 Å². The maximum atomic E-state index is 12.6. The summed E-state index contributed by atoms with van der Waals surface area (Å²) in [6.07, 6.45) is 0.862. The van der Waals surface area contributed by atoms with E-state index in [1.807, 2.05) is 18.2 Å². The first kappa shape index (κ1) is 20.9. The Labute approximate surface area is 170 Å². The summed E-state index contributed by atoms with van der Waals surface area (Å²) in [5.74, 6) is 0.737. The lowest BCUT2D eigenvalue weighted by Crippen LogP contribution is -2.35. The van der Waals surface area contributed by atoms with E-state index in [9.17, 15) is 13.2 Å². The van der Waals surface area contributed by atoms with Gasteiger partial charge in [0.2, 0.25) is 10.0 Å². The van der Waals surface area contributed by atoms with Crippen LogP contribution in [0.1, 0.15) is 35.3 Å². The molecule has 0 unspecified atom stereocenters. The number of hydrogen-bond acceptors (Lipinski definition) is 5. The summed E-state index contributed by atoms with van der Waals surface area (Å²) < 4.78 is 32.3. The van der Waals surface area contributed by atoms with Gasteiger partial charge in [0, 0.05) is 29.4 Å². The molecule has 28 heavy (non-hydrogen) atoms. The molecule has 8 heteroatoms. The summed E-state index contributed by atoms with van der Waals surface area (Å²) in [4.78, 5) is 14.0. The third kappa shape index (κ3) is 4.94. The van der Waals surface area contributed by atoms with Crippen molar-refractivity contribution in [3.8, 4) is 0 Å². The number of benzene rings is 2. The number of rotatable bonds is 7. The van der Waals surface area contributed by atoms with Gasteiger partial charge in [-0.2, -0.15) is 0 Å². The van der Waals surface area contributed by atoms with Crippen LogP contribution in [0.3, 0.4) is 0 Å². The van der Waals surface area contributed by atoms with Crippen molar-refractivity contribution in [2.45, 2.75) is 35.2 Å². The number of hydrogen-bond donors (Lipinski definition) is 2. The molecule has 150 valence electrons. The van der Waals surface area contributed by atoms with E-state index in [4.69, 9.17) is 4.74 Å². The van der Waals surface area contributed by atoms with Crippen LogP contribution in [-0.2, 0) is 14.8 Å². The Bertz CT molecular complexity index is 929. The van der Waals surface area contributed by atoms with Crippen molar-refractivity contribution in [1.82, 2.24) is 10.0 Å². The molecule has 3 rings (SSSR count). The zero-order chi connectivity index (χ0) is 20.1. The van der Waals surface area contributed by atoms with Gasteiger partial charge in [0.15, 0.2) is 0 Å². The van der Waals surface area contributed by atoms with E-state index in [1.54, 1.807) is 18.7 Å². The number of nitrogens with one attached hydrogen (secondary N) is 2. The second kappa shape index (κ2) is 9.09. The molecule has 1 heterocycles. The zero-order valence-corrected chi connectivity index (χ0v) is 17.5. The lowest BCUT2D eigenvalue weighted by molar-refractivity contribution is 0.0935. The molecular weight excluding hydrogens is 396 g/mol. The Morgan fingerprint density at radius 3 is 2.64 bits per heavy atom. The van der Waals surface area contributed by atoms with Crippen LogP contribution in [0.15, 0.2) is 58.3 Å². The van der Waals surface area contributed by atoms with Crippen molar-refractivity contribution >= 4 is 27.7 Å². The highest BCUT2D eigenvalue weighted by Gasteiger charge is 2.23. The van der Waals surface area contributed by atoms with Crippen LogP contribution in [0.4, 0.5) is 0 Å². The second-order valence-electron chi connectivity index (χ2n) is 6.70. The number of methoxy groups -OCH3 is 1. The summed E-state index contributed by atoms with van der Waals surface area (Å²) in [7, 11) is -2.14. The molecule has 1 aliphatic heterocycles. The maximum Gasteiger partial charge on any atom is 0.251 e. The summed E-state index contributed by atoms with van der Waals surface area (Å²) in [6.45, 7) is 2.00. The fourth-order valence-electron chi connectivity index (χ4n) is 3.14. The number of carbonyl (C=O) groups is 1. The minimum absolute atomic E-state index is 0.0371. The molecule has 2 N–H and O–H groups in total. The first-order chi connectivity index (χ1) is 13.4. The molecule has 2 atom stereocenters. The average Bonchev–Trinajstić information content (AvgIpc) is 2.68. The Morgan fingerprint density at radius 1 is 1.21 bits per heavy atom. The fourth-order valence-corrected chi connectivity index (χ4v) is 5.49. The molecule has 0 aromatic heterocycles. The molecule has 2 aromatic carbocycles. The predicted molar refractivity (Wildman–Crippen MR) is 110 cm³/mol. The highest BCUT2D eigenvalue weighted by Crippen LogP contribution is 2.35. The minimum atomic E-state index is -3.66. The van der Waals surface area contributed by atoms with Crippen LogP contribution in [0.5, 0.6) is 0 Å². The number of fused-ring (bicyclic) bond motifs is 1. The lowest BCUT2D eigenvalue weighted by atomic mass is 10.0. The molecule has 0 aliphatic carbocycles. The largest absolute Gasteiger partial charge is 0.383 e. The van der Waals surface area contributed by atoms with Gasteiger partial charge in [-0.1, -0.05) is 18.2 Å². The van der Waals surface area contributed by atoms with E-state index in [0.29, 0.717) is 5.56 Å². The quantitative estimate of drug-likeness (QED) is 0.719. The number of sulfonamides is 1. The first-order valence-electron chi connectivity index (χ1n) is 9.04. The molecule has 0 radical (unpaired) electrons. The highest BCUT2D eigenvalue weighted by molar-refractivity contribution is 7.99. The van der Waals surface area contributed by atoms with Gasteiger partial charge in [0.05, 0.1) is 17.5 Å². The van der Waals surface area contributed by atoms with Gasteiger partial charge in [0.25, 0.3) is 5.91 Å². The molecule has 0 spiro atoms. The molecule has 0 saturated carbocycles. The fraction of sp³-hybridized carbons (Fsp3) is 0.350. The average molecular weight is 421 g/mol. The summed E-state index contributed by atoms with van der Waals surface area (Å²) in [6, 6.07) is 13.7. The van der Waals surface area contributed by atoms with Gasteiger partial charge in [0.1, 0.15) is 0 Å². The molecule has 0 fully saturated rings. The third-order valence-corrected chi connectivity index (χ3v) is 7.19. The van der Waals surface area contributed by atoms with Gasteiger partial charge in [-0.05, 0) is 49.2 Å². The molecule has 6 nitrogen and oxygen atoms in total. The molecule has 0 saturated heterocycles. The van der Waals surface area contributed by atoms with Crippen molar-refractivity contribution in [1.29, 1.82) is 0 Å². The van der Waals surface area contributed by atoms with Crippen molar-refractivity contribution in [3.63, 3.8) is 0 Å². The van der Waals surface area contributed by atoms with Gasteiger partial charge in [-0.25, -0.2) is 13.1 Å². The van der Waals surface area contributed by atoms with Crippen LogP contribution >= 0.6 is 11.8 Å². The van der Waals surface area contributed by atoms with E-state index in [0.717, 1.165) is 17.7 Å². The molecule has 2 aromatic rings. The van der Waals surface area contributed by atoms with Crippen molar-refractivity contribution < 1.29 is 17.9 Å². The van der Waals surface area contributed by atoms with Gasteiger partial charge in [-0.15, -0.1) is 11.8 Å². The molecule has 0 bridgehead atoms. The number of thioether (sulfide) groups is 1. The Morgan fingerprint density at radius 2 is 1.93 bits per heavy atom. The summed E-state index contributed by atoms with van der Waals surface area (Å²) in [5.41, 5.74) is 1.56. The van der Waals surface area contributed by atoms with Crippen LogP contribution in [0.2, 0.25) is 0 Å². The highest BCUT2D eigenvalue weighted by atomic mass is 32.2. The third-order valence-electron chi connectivity index (χ3n) is 4.46. The molecule has 1 aliphatic rings. The predicted octanol–water partition coefficient (Wildman–Crippen LogP) is 2.97. The monoisotopic (exact) mass is 420 g/mol. The maximum absolute atomic E-state index is 12.6. The molecule has 1 amide bonds. The SMILES string of the molecule is COC[C@H](C)NS(=O)(=O)c1ccc(C(=O)N[C@@H]2CCSc3ccccc32)cc1.